The van der Waals surface area contributed by atoms with E-state index >= 15 is 0 Å². The molecule has 6 aromatic carbocycles. The molecule has 0 aliphatic carbocycles. The Balaban J connectivity index is 0.878. The van der Waals surface area contributed by atoms with Crippen LogP contribution in [0.3, 0.4) is 0 Å². The molecular weight excluding hydrogens is 1340 g/mol. The Bertz CT molecular complexity index is 3570. The lowest BCUT2D eigenvalue weighted by molar-refractivity contribution is -0.162. The van der Waals surface area contributed by atoms with Crippen molar-refractivity contribution in [1.29, 1.82) is 0 Å². The molecule has 0 aromatic heterocycles. The van der Waals surface area contributed by atoms with E-state index in [2.05, 4.69) is 10.6 Å². The van der Waals surface area contributed by atoms with Crippen LogP contribution in [0.5, 0.6) is 69.0 Å². The van der Waals surface area contributed by atoms with Crippen LogP contribution in [0.2, 0.25) is 0 Å². The Morgan fingerprint density at radius 3 is 1.13 bits per heavy atom. The zero-order chi connectivity index (χ0) is 74.8. The first-order valence-corrected chi connectivity index (χ1v) is 35.1. The zero-order valence-electron chi connectivity index (χ0n) is 61.7. The minimum Gasteiger partial charge on any atom is -0.493 e. The quantitative estimate of drug-likeness (QED) is 0.0304. The number of methoxy groups -OCH3 is 10. The highest BCUT2D eigenvalue weighted by atomic mass is 16.6. The summed E-state index contributed by atoms with van der Waals surface area (Å²) in [6.07, 6.45) is 3.13. The number of benzene rings is 6. The topological polar surface area (TPSA) is 282 Å². The second kappa shape index (κ2) is 39.4. The van der Waals surface area contributed by atoms with Gasteiger partial charge in [-0.1, -0.05) is 50.2 Å². The summed E-state index contributed by atoms with van der Waals surface area (Å²) in [5, 5.41) is 16.2. The highest BCUT2D eigenvalue weighted by Gasteiger charge is 2.40. The summed E-state index contributed by atoms with van der Waals surface area (Å²) in [6, 6.07) is 30.2. The summed E-state index contributed by atoms with van der Waals surface area (Å²) in [4.78, 5) is 88.3. The molecule has 6 aromatic rings. The molecule has 0 spiro atoms. The molecule has 562 valence electrons. The lowest BCUT2D eigenvalue weighted by Crippen LogP contribution is -2.50. The number of amides is 4. The van der Waals surface area contributed by atoms with Gasteiger partial charge in [-0.25, -0.2) is 9.59 Å². The number of aliphatic hydroxyl groups is 1. The number of likely N-dealkylation sites (tertiary alicyclic amines) is 2. The molecule has 2 fully saturated rings. The summed E-state index contributed by atoms with van der Waals surface area (Å²) < 4.78 is 80.5. The highest BCUT2D eigenvalue weighted by molar-refractivity contribution is 5.90. The van der Waals surface area contributed by atoms with Crippen molar-refractivity contribution in [3.8, 4) is 69.0 Å². The predicted octanol–water partition coefficient (Wildman–Crippen LogP) is 10.4. The maximum atomic E-state index is 14.7. The largest absolute Gasteiger partial charge is 0.493 e. The summed E-state index contributed by atoms with van der Waals surface area (Å²) in [6.45, 7) is 3.18. The fraction of sp³-hybridized carbons (Fsp3) is 0.468. The molecule has 2 heterocycles. The molecule has 4 amide bonds. The summed E-state index contributed by atoms with van der Waals surface area (Å²) >= 11 is 0. The highest BCUT2D eigenvalue weighted by Crippen LogP contribution is 2.44. The minimum absolute atomic E-state index is 0.229. The molecular formula is C79H100N4O21. The number of aryl methyl sites for hydroxylation is 2. The molecule has 6 atom stereocenters. The monoisotopic (exact) mass is 1440 g/mol. The van der Waals surface area contributed by atoms with Crippen LogP contribution < -0.4 is 67.5 Å². The van der Waals surface area contributed by atoms with E-state index in [4.69, 9.17) is 66.3 Å². The van der Waals surface area contributed by atoms with Crippen LogP contribution in [0.25, 0.3) is 0 Å². The maximum Gasteiger partial charge on any atom is 0.329 e. The zero-order valence-corrected chi connectivity index (χ0v) is 61.7. The maximum absolute atomic E-state index is 14.7. The van der Waals surface area contributed by atoms with E-state index in [1.165, 1.54) is 42.7 Å². The van der Waals surface area contributed by atoms with E-state index in [1.54, 1.807) is 123 Å². The third-order valence-corrected chi connectivity index (χ3v) is 18.8. The molecule has 0 unspecified atom stereocenters. The van der Waals surface area contributed by atoms with Crippen molar-refractivity contribution in [2.45, 2.75) is 133 Å². The van der Waals surface area contributed by atoms with Gasteiger partial charge in [0.25, 0.3) is 11.8 Å². The number of hydrogen-bond donors (Lipinski definition) is 3. The second-order valence-electron chi connectivity index (χ2n) is 25.2. The number of piperidine rings is 2. The number of hydrogen-bond acceptors (Lipinski definition) is 21. The molecule has 2 saturated heterocycles. The standard InChI is InChI=1S/C79H100N4O21/c1-13-58(53-41-68(95-7)74(99-11)69(42-53)96-8)76(87)82-35-17-15-25-60(82)78(89)103-62(31-27-49-29-33-64(91-3)66(37-49)93-5)51-21-19-23-56(39-51)101-47-72(85)80-45-55(84)46-81-73(86)48-102-57-24-20-22-52(40-57)63(32-28-50-30-34-65(92-4)67(38-50)94-6)104-79(90)61-26-16-18-36-83(61)77(88)59(14-2)54-43-70(97-9)75(100-12)71(44-54)98-10/h19-24,29-30,33-34,37-44,55,58-63,84H,13-18,25-28,31-32,35-36,45-48H2,1-12H3,(H,80,85)(H,81,86)/t58-,59-,60-,61-,62+,63+/m0/s1. The Hall–Kier alpha value is -10.3. The van der Waals surface area contributed by atoms with E-state index in [0.717, 1.165) is 11.1 Å². The number of rotatable bonds is 38. The third-order valence-electron chi connectivity index (χ3n) is 18.8. The Morgan fingerprint density at radius 1 is 0.433 bits per heavy atom. The molecule has 2 aliphatic heterocycles. The SMILES string of the molecule is CC[C@H](C(=O)N1CCCC[C@H]1C(=O)O[C@H](CCc1ccc(OC)c(OC)c1)c1cccc(OCC(=O)NCC(O)CNC(=O)COc2cccc([C@@H](CCc3ccc(OC)c(OC)c3)OC(=O)[C@@H]3CCCCN3C(=O)[C@@H](CC)c3cc(OC)c(OC)c(OC)c3)c2)c1)c1cc(OC)c(OC)c(OC)c1. The number of carbonyl (C=O) groups excluding carboxylic acids is 6. The van der Waals surface area contributed by atoms with Gasteiger partial charge >= 0.3 is 11.9 Å². The average molecular weight is 1440 g/mol. The van der Waals surface area contributed by atoms with Crippen molar-refractivity contribution in [3.63, 3.8) is 0 Å². The molecule has 104 heavy (non-hydrogen) atoms. The van der Waals surface area contributed by atoms with E-state index in [9.17, 15) is 33.9 Å². The van der Waals surface area contributed by atoms with Crippen molar-refractivity contribution < 1.29 is 100 Å². The Morgan fingerprint density at radius 2 is 0.798 bits per heavy atom. The molecule has 0 bridgehead atoms. The van der Waals surface area contributed by atoms with Gasteiger partial charge in [0.05, 0.1) is 89.0 Å². The van der Waals surface area contributed by atoms with Gasteiger partial charge in [0.2, 0.25) is 23.3 Å². The van der Waals surface area contributed by atoms with Crippen LogP contribution >= 0.6 is 0 Å². The van der Waals surface area contributed by atoms with E-state index in [0.29, 0.717) is 181 Å². The van der Waals surface area contributed by atoms with Gasteiger partial charge in [0, 0.05) is 26.2 Å². The van der Waals surface area contributed by atoms with Gasteiger partial charge in [-0.2, -0.15) is 0 Å². The van der Waals surface area contributed by atoms with Crippen LogP contribution in [0, 0.1) is 0 Å². The number of nitrogens with zero attached hydrogens (tertiary/aromatic N) is 2. The molecule has 0 radical (unpaired) electrons. The number of esters is 2. The first-order valence-electron chi connectivity index (χ1n) is 35.1. The number of nitrogens with one attached hydrogen (secondary N) is 2. The van der Waals surface area contributed by atoms with Crippen molar-refractivity contribution in [2.75, 3.05) is 110 Å². The summed E-state index contributed by atoms with van der Waals surface area (Å²) in [5.41, 5.74) is 4.24. The summed E-state index contributed by atoms with van der Waals surface area (Å²) in [7, 11) is 15.3. The normalized spacial score (nSPS) is 15.4. The molecule has 8 rings (SSSR count). The van der Waals surface area contributed by atoms with Crippen LogP contribution in [0.1, 0.15) is 135 Å². The predicted molar refractivity (Wildman–Crippen MR) is 386 cm³/mol. The van der Waals surface area contributed by atoms with E-state index < -0.39 is 79.2 Å². The van der Waals surface area contributed by atoms with Crippen LogP contribution in [0.15, 0.2) is 109 Å². The van der Waals surface area contributed by atoms with Crippen LogP contribution in [0.4, 0.5) is 0 Å². The third kappa shape index (κ3) is 20.5. The van der Waals surface area contributed by atoms with Gasteiger partial charge < -0.3 is 91.9 Å². The van der Waals surface area contributed by atoms with Crippen molar-refractivity contribution in [3.05, 3.63) is 143 Å². The molecule has 25 heteroatoms. The molecule has 0 saturated carbocycles. The van der Waals surface area contributed by atoms with Gasteiger partial charge in [0.1, 0.15) is 35.8 Å². The van der Waals surface area contributed by atoms with Crippen molar-refractivity contribution in [1.82, 2.24) is 20.4 Å². The van der Waals surface area contributed by atoms with Crippen molar-refractivity contribution in [2.24, 2.45) is 0 Å². The van der Waals surface area contributed by atoms with E-state index in [1.807, 2.05) is 38.1 Å². The lowest BCUT2D eigenvalue weighted by atomic mass is 9.91. The smallest absolute Gasteiger partial charge is 0.329 e. The average Bonchev–Trinajstić information content (AvgIpc) is 0.798. The first-order chi connectivity index (χ1) is 50.4. The van der Waals surface area contributed by atoms with Crippen molar-refractivity contribution >= 4 is 35.6 Å². The molecule has 3 N–H and O–H groups in total. The van der Waals surface area contributed by atoms with Crippen LogP contribution in [-0.2, 0) is 51.1 Å². The van der Waals surface area contributed by atoms with Crippen LogP contribution in [-0.4, -0.2) is 179 Å². The second-order valence-corrected chi connectivity index (χ2v) is 25.2. The van der Waals surface area contributed by atoms with E-state index in [-0.39, 0.29) is 24.9 Å². The fourth-order valence-corrected chi connectivity index (χ4v) is 13.2. The first kappa shape index (κ1) is 79.4. The molecule has 2 aliphatic rings. The van der Waals surface area contributed by atoms with Gasteiger partial charge in [-0.05, 0) is 183 Å². The number of aliphatic hydroxyl groups excluding tert-OH is 1. The minimum atomic E-state index is -1.20. The Labute approximate surface area is 608 Å². The molecule has 25 nitrogen and oxygen atoms in total. The number of ether oxygens (including phenoxy) is 14. The number of carbonyl (C=O) groups is 6. The van der Waals surface area contributed by atoms with Gasteiger partial charge in [-0.15, -0.1) is 0 Å². The van der Waals surface area contributed by atoms with Gasteiger partial charge in [0.15, 0.2) is 59.2 Å². The van der Waals surface area contributed by atoms with Gasteiger partial charge in [-0.3, -0.25) is 19.2 Å². The lowest BCUT2D eigenvalue weighted by Gasteiger charge is -2.37. The Kier molecular flexibility index (Phi) is 30.1. The fourth-order valence-electron chi connectivity index (χ4n) is 13.2. The summed E-state index contributed by atoms with van der Waals surface area (Å²) in [5.74, 6) is 1.23.